The maximum Gasteiger partial charge on any atom is 0.280 e. The highest BCUT2D eigenvalue weighted by Crippen LogP contribution is 2.30. The first-order valence-corrected chi connectivity index (χ1v) is 8.05. The average molecular weight is 339 g/mol. The van der Waals surface area contributed by atoms with Crippen LogP contribution in [0.15, 0.2) is 52.3 Å². The third kappa shape index (κ3) is 2.58. The Morgan fingerprint density at radius 2 is 1.95 bits per heavy atom. The zero-order valence-corrected chi connectivity index (χ0v) is 13.0. The van der Waals surface area contributed by atoms with Gasteiger partial charge in [0.25, 0.3) is 10.0 Å². The molecule has 114 valence electrons. The number of benzene rings is 1. The van der Waals surface area contributed by atoms with Gasteiger partial charge in [-0.2, -0.15) is 13.5 Å². The van der Waals surface area contributed by atoms with Crippen molar-refractivity contribution in [3.63, 3.8) is 0 Å². The lowest BCUT2D eigenvalue weighted by Gasteiger charge is -2.08. The maximum absolute atomic E-state index is 12.5. The van der Waals surface area contributed by atoms with E-state index in [0.717, 1.165) is 0 Å². The van der Waals surface area contributed by atoms with Crippen LogP contribution in [0, 0.1) is 0 Å². The summed E-state index contributed by atoms with van der Waals surface area (Å²) in [4.78, 5) is 0. The van der Waals surface area contributed by atoms with Gasteiger partial charge in [0.05, 0.1) is 17.4 Å². The van der Waals surface area contributed by atoms with Gasteiger partial charge in [0.1, 0.15) is 5.69 Å². The van der Waals surface area contributed by atoms with Crippen molar-refractivity contribution in [2.75, 3.05) is 4.72 Å². The molecule has 0 spiro atoms. The third-order valence-corrected chi connectivity index (χ3v) is 4.82. The lowest BCUT2D eigenvalue weighted by Crippen LogP contribution is -2.17. The molecule has 0 atom stereocenters. The highest BCUT2D eigenvalue weighted by Gasteiger charge is 2.25. The number of nitrogens with one attached hydrogen (secondary N) is 1. The van der Waals surface area contributed by atoms with E-state index in [-0.39, 0.29) is 15.7 Å². The number of aryl methyl sites for hydroxylation is 1. The van der Waals surface area contributed by atoms with Crippen LogP contribution in [-0.2, 0) is 17.1 Å². The van der Waals surface area contributed by atoms with Crippen molar-refractivity contribution in [1.82, 2.24) is 14.9 Å². The van der Waals surface area contributed by atoms with Crippen LogP contribution in [0.1, 0.15) is 0 Å². The first kappa shape index (κ1) is 14.6. The molecular formula is C13H11ClN4O3S. The molecule has 0 bridgehead atoms. The van der Waals surface area contributed by atoms with Gasteiger partial charge in [0.2, 0.25) is 0 Å². The van der Waals surface area contributed by atoms with Crippen LogP contribution < -0.4 is 4.72 Å². The smallest absolute Gasteiger partial charge is 0.280 e. The van der Waals surface area contributed by atoms with Gasteiger partial charge in [0, 0.05) is 12.6 Å². The van der Waals surface area contributed by atoms with Gasteiger partial charge < -0.3 is 4.52 Å². The lowest BCUT2D eigenvalue weighted by molar-refractivity contribution is 0.432. The Hall–Kier alpha value is -2.32. The van der Waals surface area contributed by atoms with Gasteiger partial charge >= 0.3 is 0 Å². The van der Waals surface area contributed by atoms with Crippen molar-refractivity contribution in [3.05, 3.63) is 47.7 Å². The standard InChI is InChI=1S/C13H11ClN4O3S/c1-18-13(10(14)7-15-18)22(19,20)17-11-8-16-21-12(11)9-5-3-2-4-6-9/h2-8,17H,1H3. The number of rotatable bonds is 4. The van der Waals surface area contributed by atoms with Gasteiger partial charge in [-0.3, -0.25) is 9.40 Å². The van der Waals surface area contributed by atoms with Crippen molar-refractivity contribution in [3.8, 4) is 11.3 Å². The zero-order valence-electron chi connectivity index (χ0n) is 11.4. The number of aromatic nitrogens is 3. The van der Waals surface area contributed by atoms with E-state index in [1.807, 2.05) is 18.2 Å². The monoisotopic (exact) mass is 338 g/mol. The van der Waals surface area contributed by atoms with E-state index in [2.05, 4.69) is 15.0 Å². The summed E-state index contributed by atoms with van der Waals surface area (Å²) in [6.07, 6.45) is 2.56. The van der Waals surface area contributed by atoms with Crippen molar-refractivity contribution < 1.29 is 12.9 Å². The van der Waals surface area contributed by atoms with E-state index >= 15 is 0 Å². The van der Waals surface area contributed by atoms with Crippen LogP contribution in [0.3, 0.4) is 0 Å². The summed E-state index contributed by atoms with van der Waals surface area (Å²) >= 11 is 5.88. The minimum absolute atomic E-state index is 0.0349. The molecule has 0 radical (unpaired) electrons. The molecule has 2 heterocycles. The second-order valence-corrected chi connectivity index (χ2v) is 6.47. The Balaban J connectivity index is 2.00. The Labute approximate surface area is 131 Å². The summed E-state index contributed by atoms with van der Waals surface area (Å²) in [6.45, 7) is 0. The lowest BCUT2D eigenvalue weighted by atomic mass is 10.1. The van der Waals surface area contributed by atoms with Crippen molar-refractivity contribution in [2.45, 2.75) is 5.03 Å². The van der Waals surface area contributed by atoms with Crippen molar-refractivity contribution in [2.24, 2.45) is 7.05 Å². The van der Waals surface area contributed by atoms with E-state index in [4.69, 9.17) is 16.1 Å². The molecule has 3 aromatic rings. The molecule has 7 nitrogen and oxygen atoms in total. The molecule has 0 saturated heterocycles. The van der Waals surface area contributed by atoms with Crippen molar-refractivity contribution in [1.29, 1.82) is 0 Å². The molecule has 1 aromatic carbocycles. The molecular weight excluding hydrogens is 328 g/mol. The van der Waals surface area contributed by atoms with E-state index in [1.165, 1.54) is 24.1 Å². The Morgan fingerprint density at radius 1 is 1.23 bits per heavy atom. The average Bonchev–Trinajstić information content (AvgIpc) is 3.06. The van der Waals surface area contributed by atoms with Gasteiger partial charge in [-0.25, -0.2) is 0 Å². The minimum atomic E-state index is -3.91. The van der Waals surface area contributed by atoms with E-state index < -0.39 is 10.0 Å². The number of hydrogen-bond acceptors (Lipinski definition) is 5. The number of anilines is 1. The molecule has 0 aliphatic heterocycles. The van der Waals surface area contributed by atoms with Crippen LogP contribution >= 0.6 is 11.6 Å². The second-order valence-electron chi connectivity index (χ2n) is 4.46. The molecule has 0 unspecified atom stereocenters. The first-order valence-electron chi connectivity index (χ1n) is 6.19. The molecule has 3 rings (SSSR count). The fourth-order valence-corrected chi connectivity index (χ4v) is 3.71. The Bertz CT molecular complexity index is 883. The molecule has 0 aliphatic rings. The van der Waals surface area contributed by atoms with E-state index in [9.17, 15) is 8.42 Å². The fourth-order valence-electron chi connectivity index (χ4n) is 2.00. The molecule has 2 aromatic heterocycles. The molecule has 0 amide bonds. The fraction of sp³-hybridized carbons (Fsp3) is 0.0769. The zero-order chi connectivity index (χ0) is 15.7. The second kappa shape index (κ2) is 5.47. The summed E-state index contributed by atoms with van der Waals surface area (Å²) in [5.74, 6) is 0.322. The quantitative estimate of drug-likeness (QED) is 0.789. The normalized spacial score (nSPS) is 11.5. The van der Waals surface area contributed by atoms with Gasteiger partial charge in [0.15, 0.2) is 10.8 Å². The van der Waals surface area contributed by atoms with Crippen LogP contribution in [0.2, 0.25) is 5.02 Å². The first-order chi connectivity index (χ1) is 10.5. The largest absolute Gasteiger partial charge is 0.354 e. The highest BCUT2D eigenvalue weighted by atomic mass is 35.5. The van der Waals surface area contributed by atoms with E-state index in [0.29, 0.717) is 11.3 Å². The summed E-state index contributed by atoms with van der Waals surface area (Å²) in [5.41, 5.74) is 0.928. The van der Waals surface area contributed by atoms with Crippen LogP contribution in [0.25, 0.3) is 11.3 Å². The highest BCUT2D eigenvalue weighted by molar-refractivity contribution is 7.92. The van der Waals surface area contributed by atoms with Crippen LogP contribution in [0.5, 0.6) is 0 Å². The van der Waals surface area contributed by atoms with Crippen LogP contribution in [0.4, 0.5) is 5.69 Å². The summed E-state index contributed by atoms with van der Waals surface area (Å²) in [5, 5.41) is 7.38. The van der Waals surface area contributed by atoms with Crippen LogP contribution in [-0.4, -0.2) is 23.4 Å². The molecule has 0 aliphatic carbocycles. The maximum atomic E-state index is 12.5. The molecule has 22 heavy (non-hydrogen) atoms. The topological polar surface area (TPSA) is 90.0 Å². The molecule has 9 heteroatoms. The SMILES string of the molecule is Cn1ncc(Cl)c1S(=O)(=O)Nc1cnoc1-c1ccccc1. The third-order valence-electron chi connectivity index (χ3n) is 2.95. The van der Waals surface area contributed by atoms with Gasteiger partial charge in [-0.05, 0) is 0 Å². The number of halogens is 1. The van der Waals surface area contributed by atoms with E-state index in [1.54, 1.807) is 12.1 Å². The summed E-state index contributed by atoms with van der Waals surface area (Å²) < 4.78 is 33.7. The number of sulfonamides is 1. The Kier molecular flexibility index (Phi) is 3.63. The number of nitrogens with zero attached hydrogens (tertiary/aromatic N) is 3. The number of hydrogen-bond donors (Lipinski definition) is 1. The molecule has 0 saturated carbocycles. The summed E-state index contributed by atoms with van der Waals surface area (Å²) in [7, 11) is -2.42. The van der Waals surface area contributed by atoms with Gasteiger partial charge in [-0.15, -0.1) is 0 Å². The molecule has 0 fully saturated rings. The van der Waals surface area contributed by atoms with Gasteiger partial charge in [-0.1, -0.05) is 47.1 Å². The predicted molar refractivity (Wildman–Crippen MR) is 81.0 cm³/mol. The van der Waals surface area contributed by atoms with Crippen molar-refractivity contribution >= 4 is 27.3 Å². The minimum Gasteiger partial charge on any atom is -0.354 e. The predicted octanol–water partition coefficient (Wildman–Crippen LogP) is 2.53. The molecule has 1 N–H and O–H groups in total. The Morgan fingerprint density at radius 3 is 2.59 bits per heavy atom. The summed E-state index contributed by atoms with van der Waals surface area (Å²) in [6, 6.07) is 9.05.